The maximum absolute atomic E-state index is 13.2. The summed E-state index contributed by atoms with van der Waals surface area (Å²) in [5.74, 6) is 0.163. The number of rotatable bonds is 2. The van der Waals surface area contributed by atoms with Crippen LogP contribution in [0.3, 0.4) is 0 Å². The standard InChI is InChI=1S/C17H28N2O2/c18-13-17(10-6-3-7-11-17)19-14(20)12-16(15(19)21)8-4-1-2-5-9-16/h1-13,18H2. The van der Waals surface area contributed by atoms with E-state index in [0.717, 1.165) is 51.4 Å². The first kappa shape index (κ1) is 15.0. The lowest BCUT2D eigenvalue weighted by molar-refractivity contribution is -0.150. The molecule has 4 heteroatoms. The number of hydrogen-bond acceptors (Lipinski definition) is 3. The van der Waals surface area contributed by atoms with Crippen LogP contribution in [0.5, 0.6) is 0 Å². The third kappa shape index (κ3) is 2.41. The molecule has 0 atom stereocenters. The van der Waals surface area contributed by atoms with E-state index >= 15 is 0 Å². The van der Waals surface area contributed by atoms with E-state index in [1.165, 1.54) is 19.3 Å². The molecular weight excluding hydrogens is 264 g/mol. The van der Waals surface area contributed by atoms with Crippen molar-refractivity contribution in [1.82, 2.24) is 4.90 Å². The van der Waals surface area contributed by atoms with Crippen LogP contribution >= 0.6 is 0 Å². The van der Waals surface area contributed by atoms with Gasteiger partial charge in [0.15, 0.2) is 0 Å². The Kier molecular flexibility index (Phi) is 4.08. The van der Waals surface area contributed by atoms with Crippen LogP contribution in [-0.4, -0.2) is 28.8 Å². The van der Waals surface area contributed by atoms with Gasteiger partial charge >= 0.3 is 0 Å². The molecule has 0 aromatic heterocycles. The molecule has 3 rings (SSSR count). The zero-order valence-electron chi connectivity index (χ0n) is 13.0. The van der Waals surface area contributed by atoms with Gasteiger partial charge in [-0.1, -0.05) is 44.9 Å². The zero-order chi connectivity index (χ0) is 14.9. The Hall–Kier alpha value is -0.900. The Bertz CT molecular complexity index is 419. The molecule has 4 nitrogen and oxygen atoms in total. The second-order valence-corrected chi connectivity index (χ2v) is 7.39. The van der Waals surface area contributed by atoms with Gasteiger partial charge in [0.25, 0.3) is 0 Å². The third-order valence-electron chi connectivity index (χ3n) is 6.10. The van der Waals surface area contributed by atoms with Gasteiger partial charge in [-0.05, 0) is 25.7 Å². The summed E-state index contributed by atoms with van der Waals surface area (Å²) in [6, 6.07) is 0. The number of amides is 2. The summed E-state index contributed by atoms with van der Waals surface area (Å²) in [7, 11) is 0. The van der Waals surface area contributed by atoms with Crippen LogP contribution in [0.15, 0.2) is 0 Å². The molecule has 0 bridgehead atoms. The molecule has 2 N–H and O–H groups in total. The third-order valence-corrected chi connectivity index (χ3v) is 6.10. The fourth-order valence-corrected chi connectivity index (χ4v) is 4.80. The van der Waals surface area contributed by atoms with Crippen LogP contribution in [-0.2, 0) is 9.59 Å². The minimum atomic E-state index is -0.382. The highest BCUT2D eigenvalue weighted by Gasteiger charge is 2.56. The smallest absolute Gasteiger partial charge is 0.236 e. The molecule has 2 saturated carbocycles. The number of nitrogens with zero attached hydrogens (tertiary/aromatic N) is 1. The lowest BCUT2D eigenvalue weighted by Crippen LogP contribution is -2.58. The van der Waals surface area contributed by atoms with Crippen LogP contribution in [0.4, 0.5) is 0 Å². The zero-order valence-corrected chi connectivity index (χ0v) is 13.0. The number of carbonyl (C=O) groups is 2. The summed E-state index contributed by atoms with van der Waals surface area (Å²) in [6.45, 7) is 0.431. The summed E-state index contributed by atoms with van der Waals surface area (Å²) in [6.07, 6.45) is 12.0. The van der Waals surface area contributed by atoms with Crippen molar-refractivity contribution in [3.63, 3.8) is 0 Å². The summed E-state index contributed by atoms with van der Waals surface area (Å²) in [5, 5.41) is 0. The lowest BCUT2D eigenvalue weighted by Gasteiger charge is -2.43. The number of likely N-dealkylation sites (tertiary alicyclic amines) is 1. The van der Waals surface area contributed by atoms with E-state index in [4.69, 9.17) is 5.73 Å². The first-order valence-corrected chi connectivity index (χ1v) is 8.71. The molecule has 118 valence electrons. The van der Waals surface area contributed by atoms with Crippen molar-refractivity contribution in [2.24, 2.45) is 11.1 Å². The highest BCUT2D eigenvalue weighted by atomic mass is 16.2. The predicted molar refractivity (Wildman–Crippen MR) is 81.5 cm³/mol. The van der Waals surface area contributed by atoms with Crippen molar-refractivity contribution in [1.29, 1.82) is 0 Å². The van der Waals surface area contributed by atoms with Gasteiger partial charge in [0, 0.05) is 13.0 Å². The van der Waals surface area contributed by atoms with E-state index < -0.39 is 0 Å². The molecule has 2 aliphatic carbocycles. The number of nitrogens with two attached hydrogens (primary N) is 1. The van der Waals surface area contributed by atoms with E-state index in [-0.39, 0.29) is 22.8 Å². The highest BCUT2D eigenvalue weighted by Crippen LogP contribution is 2.48. The molecule has 1 heterocycles. The van der Waals surface area contributed by atoms with Crippen molar-refractivity contribution in [3.05, 3.63) is 0 Å². The van der Waals surface area contributed by atoms with Crippen molar-refractivity contribution in [2.75, 3.05) is 6.54 Å². The molecule has 1 saturated heterocycles. The van der Waals surface area contributed by atoms with Crippen LogP contribution in [0.1, 0.15) is 77.0 Å². The summed E-state index contributed by atoms with van der Waals surface area (Å²) >= 11 is 0. The average Bonchev–Trinajstić information content (AvgIpc) is 2.67. The topological polar surface area (TPSA) is 63.4 Å². The minimum Gasteiger partial charge on any atom is -0.328 e. The van der Waals surface area contributed by atoms with E-state index in [1.807, 2.05) is 0 Å². The van der Waals surface area contributed by atoms with Gasteiger partial charge < -0.3 is 5.73 Å². The lowest BCUT2D eigenvalue weighted by atomic mass is 9.77. The molecule has 0 radical (unpaired) electrons. The van der Waals surface area contributed by atoms with Crippen molar-refractivity contribution in [3.8, 4) is 0 Å². The molecule has 1 aliphatic heterocycles. The molecule has 3 aliphatic rings. The molecule has 0 aromatic rings. The highest BCUT2D eigenvalue weighted by molar-refractivity contribution is 6.06. The van der Waals surface area contributed by atoms with E-state index in [1.54, 1.807) is 4.90 Å². The molecule has 3 fully saturated rings. The van der Waals surface area contributed by atoms with Crippen molar-refractivity contribution in [2.45, 2.75) is 82.6 Å². The Morgan fingerprint density at radius 2 is 1.38 bits per heavy atom. The minimum absolute atomic E-state index is 0.0502. The molecule has 1 spiro atoms. The predicted octanol–water partition coefficient (Wildman–Crippen LogP) is 2.75. The Labute approximate surface area is 127 Å². The van der Waals surface area contributed by atoms with Gasteiger partial charge in [0.2, 0.25) is 11.8 Å². The van der Waals surface area contributed by atoms with E-state index in [0.29, 0.717) is 13.0 Å². The first-order valence-electron chi connectivity index (χ1n) is 8.71. The molecule has 0 unspecified atom stereocenters. The Morgan fingerprint density at radius 3 is 1.95 bits per heavy atom. The molecule has 2 amide bonds. The van der Waals surface area contributed by atoms with Gasteiger partial charge in [-0.2, -0.15) is 0 Å². The average molecular weight is 292 g/mol. The second kappa shape index (κ2) is 5.71. The second-order valence-electron chi connectivity index (χ2n) is 7.39. The van der Waals surface area contributed by atoms with E-state index in [9.17, 15) is 9.59 Å². The number of hydrogen-bond donors (Lipinski definition) is 1. The Balaban J connectivity index is 1.89. The van der Waals surface area contributed by atoms with Crippen molar-refractivity contribution >= 4 is 11.8 Å². The van der Waals surface area contributed by atoms with Crippen LogP contribution in [0, 0.1) is 5.41 Å². The van der Waals surface area contributed by atoms with Crippen LogP contribution in [0.25, 0.3) is 0 Å². The SMILES string of the molecule is NCC1(N2C(=O)CC3(CCCCCC3)C2=O)CCCCC1. The first-order chi connectivity index (χ1) is 10.1. The summed E-state index contributed by atoms with van der Waals surface area (Å²) < 4.78 is 0. The number of carbonyl (C=O) groups excluding carboxylic acids is 2. The molecule has 0 aromatic carbocycles. The van der Waals surface area contributed by atoms with Crippen LogP contribution < -0.4 is 5.73 Å². The van der Waals surface area contributed by atoms with E-state index in [2.05, 4.69) is 0 Å². The number of imide groups is 1. The quantitative estimate of drug-likeness (QED) is 0.796. The fraction of sp³-hybridized carbons (Fsp3) is 0.882. The maximum Gasteiger partial charge on any atom is 0.236 e. The summed E-state index contributed by atoms with van der Waals surface area (Å²) in [4.78, 5) is 27.5. The normalized spacial score (nSPS) is 28.9. The van der Waals surface area contributed by atoms with Crippen molar-refractivity contribution < 1.29 is 9.59 Å². The monoisotopic (exact) mass is 292 g/mol. The maximum atomic E-state index is 13.2. The van der Waals surface area contributed by atoms with Gasteiger partial charge in [-0.25, -0.2) is 0 Å². The van der Waals surface area contributed by atoms with Gasteiger partial charge in [0.05, 0.1) is 11.0 Å². The van der Waals surface area contributed by atoms with Gasteiger partial charge in [-0.3, -0.25) is 14.5 Å². The van der Waals surface area contributed by atoms with Gasteiger partial charge in [0.1, 0.15) is 0 Å². The summed E-state index contributed by atoms with van der Waals surface area (Å²) in [5.41, 5.74) is 5.29. The Morgan fingerprint density at radius 1 is 0.857 bits per heavy atom. The molecular formula is C17H28N2O2. The largest absolute Gasteiger partial charge is 0.328 e. The van der Waals surface area contributed by atoms with Gasteiger partial charge in [-0.15, -0.1) is 0 Å². The fourth-order valence-electron chi connectivity index (χ4n) is 4.80. The van der Waals surface area contributed by atoms with Crippen LogP contribution in [0.2, 0.25) is 0 Å². The molecule has 21 heavy (non-hydrogen) atoms.